The van der Waals surface area contributed by atoms with E-state index in [4.69, 9.17) is 9.47 Å². The van der Waals surface area contributed by atoms with Crippen LogP contribution in [0.3, 0.4) is 0 Å². The molecule has 90 valence electrons. The van der Waals surface area contributed by atoms with Gasteiger partial charge in [-0.3, -0.25) is 4.90 Å². The highest BCUT2D eigenvalue weighted by Crippen LogP contribution is 2.24. The summed E-state index contributed by atoms with van der Waals surface area (Å²) in [4.78, 5) is 2.14. The molecule has 0 N–H and O–H groups in total. The number of nitriles is 1. The molecule has 4 nitrogen and oxygen atoms in total. The zero-order valence-electron chi connectivity index (χ0n) is 9.93. The van der Waals surface area contributed by atoms with E-state index in [2.05, 4.69) is 11.0 Å². The van der Waals surface area contributed by atoms with E-state index in [1.165, 1.54) is 0 Å². The number of nitrogens with zero attached hydrogens (tertiary/aromatic N) is 2. The quantitative estimate of drug-likeness (QED) is 0.794. The van der Waals surface area contributed by atoms with Crippen LogP contribution in [0.15, 0.2) is 24.3 Å². The molecule has 1 fully saturated rings. The minimum absolute atomic E-state index is 0.214. The van der Waals surface area contributed by atoms with Crippen molar-refractivity contribution in [2.45, 2.75) is 6.04 Å². The molecule has 0 bridgehead atoms. The molecular weight excluding hydrogens is 216 g/mol. The molecule has 4 heteroatoms. The standard InChI is InChI=1S/C13H16N2O2/c1-16-12-4-2-3-11(9-12)13(10-14)15-5-7-17-8-6-15/h2-4,9,13H,5-8H2,1H3/t13-/m1/s1. The Balaban J connectivity index is 2.19. The fourth-order valence-corrected chi connectivity index (χ4v) is 2.01. The van der Waals surface area contributed by atoms with Crippen LogP contribution in [0.25, 0.3) is 0 Å². The molecule has 0 saturated carbocycles. The third-order valence-corrected chi connectivity index (χ3v) is 2.94. The third kappa shape index (κ3) is 2.76. The van der Waals surface area contributed by atoms with E-state index in [0.29, 0.717) is 13.2 Å². The number of ether oxygens (including phenoxy) is 2. The molecule has 1 aromatic rings. The Hall–Kier alpha value is -1.57. The highest BCUT2D eigenvalue weighted by atomic mass is 16.5. The van der Waals surface area contributed by atoms with Crippen molar-refractivity contribution in [3.8, 4) is 11.8 Å². The first-order valence-corrected chi connectivity index (χ1v) is 5.70. The lowest BCUT2D eigenvalue weighted by atomic mass is 10.1. The highest BCUT2D eigenvalue weighted by molar-refractivity contribution is 5.33. The Kier molecular flexibility index (Phi) is 3.97. The van der Waals surface area contributed by atoms with Gasteiger partial charge in [0, 0.05) is 13.1 Å². The van der Waals surface area contributed by atoms with Crippen LogP contribution in [0.4, 0.5) is 0 Å². The minimum atomic E-state index is -0.214. The van der Waals surface area contributed by atoms with E-state index in [-0.39, 0.29) is 6.04 Å². The molecule has 1 saturated heterocycles. The van der Waals surface area contributed by atoms with E-state index in [1.54, 1.807) is 7.11 Å². The Bertz CT molecular complexity index is 408. The Labute approximate surface area is 101 Å². The van der Waals surface area contributed by atoms with Crippen LogP contribution in [0.2, 0.25) is 0 Å². The van der Waals surface area contributed by atoms with Gasteiger partial charge < -0.3 is 9.47 Å². The van der Waals surface area contributed by atoms with Crippen molar-refractivity contribution in [2.24, 2.45) is 0 Å². The predicted octanol–water partition coefficient (Wildman–Crippen LogP) is 1.59. The first kappa shape index (κ1) is 11.9. The van der Waals surface area contributed by atoms with Gasteiger partial charge in [0.15, 0.2) is 0 Å². The summed E-state index contributed by atoms with van der Waals surface area (Å²) in [5.41, 5.74) is 0.980. The minimum Gasteiger partial charge on any atom is -0.497 e. The van der Waals surface area contributed by atoms with Gasteiger partial charge >= 0.3 is 0 Å². The molecule has 0 unspecified atom stereocenters. The molecule has 1 aromatic carbocycles. The monoisotopic (exact) mass is 232 g/mol. The van der Waals surface area contributed by atoms with Gasteiger partial charge in [0.05, 0.1) is 26.4 Å². The van der Waals surface area contributed by atoms with Crippen molar-refractivity contribution < 1.29 is 9.47 Å². The van der Waals surface area contributed by atoms with E-state index in [9.17, 15) is 5.26 Å². The van der Waals surface area contributed by atoms with Gasteiger partial charge in [-0.1, -0.05) is 12.1 Å². The van der Waals surface area contributed by atoms with Crippen LogP contribution in [0, 0.1) is 11.3 Å². The Morgan fingerprint density at radius 2 is 2.18 bits per heavy atom. The second-order valence-corrected chi connectivity index (χ2v) is 3.96. The van der Waals surface area contributed by atoms with Gasteiger partial charge in [-0.25, -0.2) is 0 Å². The van der Waals surface area contributed by atoms with Gasteiger partial charge in [0.1, 0.15) is 11.8 Å². The summed E-state index contributed by atoms with van der Waals surface area (Å²) in [6.45, 7) is 3.00. The number of hydrogen-bond donors (Lipinski definition) is 0. The topological polar surface area (TPSA) is 45.5 Å². The molecule has 1 atom stereocenters. The van der Waals surface area contributed by atoms with Crippen molar-refractivity contribution in [3.63, 3.8) is 0 Å². The van der Waals surface area contributed by atoms with Crippen molar-refractivity contribution in [1.82, 2.24) is 4.90 Å². The second kappa shape index (κ2) is 5.67. The lowest BCUT2D eigenvalue weighted by molar-refractivity contribution is 0.0266. The van der Waals surface area contributed by atoms with Crippen LogP contribution >= 0.6 is 0 Å². The first-order chi connectivity index (χ1) is 8.35. The SMILES string of the molecule is COc1cccc([C@@H](C#N)N2CCOCC2)c1. The van der Waals surface area contributed by atoms with E-state index in [1.807, 2.05) is 24.3 Å². The van der Waals surface area contributed by atoms with E-state index < -0.39 is 0 Å². The maximum Gasteiger partial charge on any atom is 0.124 e. The molecule has 1 heterocycles. The normalized spacial score (nSPS) is 18.4. The molecule has 1 aliphatic rings. The third-order valence-electron chi connectivity index (χ3n) is 2.94. The first-order valence-electron chi connectivity index (χ1n) is 5.70. The smallest absolute Gasteiger partial charge is 0.124 e. The maximum atomic E-state index is 9.32. The Morgan fingerprint density at radius 1 is 1.41 bits per heavy atom. The average Bonchev–Trinajstić information content (AvgIpc) is 2.41. The molecule has 1 aliphatic heterocycles. The zero-order valence-corrected chi connectivity index (χ0v) is 9.93. The summed E-state index contributed by atoms with van der Waals surface area (Å²) < 4.78 is 10.5. The maximum absolute atomic E-state index is 9.32. The number of rotatable bonds is 3. The molecule has 0 aromatic heterocycles. The van der Waals surface area contributed by atoms with Gasteiger partial charge in [-0.2, -0.15) is 5.26 Å². The molecule has 0 aliphatic carbocycles. The lowest BCUT2D eigenvalue weighted by Crippen LogP contribution is -2.38. The lowest BCUT2D eigenvalue weighted by Gasteiger charge is -2.30. The summed E-state index contributed by atoms with van der Waals surface area (Å²) in [5.74, 6) is 0.788. The van der Waals surface area contributed by atoms with Gasteiger partial charge in [-0.15, -0.1) is 0 Å². The molecular formula is C13H16N2O2. The highest BCUT2D eigenvalue weighted by Gasteiger charge is 2.22. The van der Waals surface area contributed by atoms with Crippen LogP contribution < -0.4 is 4.74 Å². The average molecular weight is 232 g/mol. The van der Waals surface area contributed by atoms with Crippen LogP contribution in [0.5, 0.6) is 5.75 Å². The van der Waals surface area contributed by atoms with Crippen LogP contribution in [-0.2, 0) is 4.74 Å². The fraction of sp³-hybridized carbons (Fsp3) is 0.462. The molecule has 2 rings (SSSR count). The fourth-order valence-electron chi connectivity index (χ4n) is 2.01. The van der Waals surface area contributed by atoms with Gasteiger partial charge in [0.25, 0.3) is 0 Å². The number of hydrogen-bond acceptors (Lipinski definition) is 4. The summed E-state index contributed by atoms with van der Waals surface area (Å²) >= 11 is 0. The largest absolute Gasteiger partial charge is 0.497 e. The number of methoxy groups -OCH3 is 1. The van der Waals surface area contributed by atoms with Crippen molar-refractivity contribution in [2.75, 3.05) is 33.4 Å². The van der Waals surface area contributed by atoms with E-state index >= 15 is 0 Å². The molecule has 0 radical (unpaired) electrons. The van der Waals surface area contributed by atoms with Gasteiger partial charge in [0.2, 0.25) is 0 Å². The summed E-state index contributed by atoms with van der Waals surface area (Å²) in [7, 11) is 1.63. The molecule has 0 amide bonds. The van der Waals surface area contributed by atoms with Crippen LogP contribution in [-0.4, -0.2) is 38.3 Å². The van der Waals surface area contributed by atoms with Gasteiger partial charge in [-0.05, 0) is 17.7 Å². The Morgan fingerprint density at radius 3 is 2.82 bits per heavy atom. The van der Waals surface area contributed by atoms with Crippen molar-refractivity contribution in [3.05, 3.63) is 29.8 Å². The summed E-state index contributed by atoms with van der Waals surface area (Å²) in [6, 6.07) is 9.83. The van der Waals surface area contributed by atoms with Crippen molar-refractivity contribution >= 4 is 0 Å². The number of morpholine rings is 1. The number of benzene rings is 1. The van der Waals surface area contributed by atoms with Crippen molar-refractivity contribution in [1.29, 1.82) is 5.26 Å². The van der Waals surface area contributed by atoms with Crippen LogP contribution in [0.1, 0.15) is 11.6 Å². The molecule has 17 heavy (non-hydrogen) atoms. The summed E-state index contributed by atoms with van der Waals surface area (Å²) in [6.07, 6.45) is 0. The molecule has 0 spiro atoms. The zero-order chi connectivity index (χ0) is 12.1. The predicted molar refractivity (Wildman–Crippen MR) is 63.7 cm³/mol. The summed E-state index contributed by atoms with van der Waals surface area (Å²) in [5, 5.41) is 9.32. The second-order valence-electron chi connectivity index (χ2n) is 3.96. The van der Waals surface area contributed by atoms with E-state index in [0.717, 1.165) is 24.4 Å².